The van der Waals surface area contributed by atoms with Gasteiger partial charge in [0.2, 0.25) is 0 Å². The molecule has 1 nitrogen and oxygen atoms in total. The van der Waals surface area contributed by atoms with Gasteiger partial charge < -0.3 is 0 Å². The average Bonchev–Trinajstić information content (AvgIpc) is 2.26. The largest absolute Gasteiger partial charge is 0.298 e. The van der Waals surface area contributed by atoms with E-state index in [2.05, 4.69) is 22.9 Å². The molecule has 0 N–H and O–H groups in total. The second kappa shape index (κ2) is 6.67. The van der Waals surface area contributed by atoms with Crippen molar-refractivity contribution in [2.45, 2.75) is 64.7 Å². The van der Waals surface area contributed by atoms with Crippen LogP contribution in [0.3, 0.4) is 0 Å². The Morgan fingerprint density at radius 3 is 1.80 bits per heavy atom. The Hall–Kier alpha value is 0.150. The summed E-state index contributed by atoms with van der Waals surface area (Å²) in [6.07, 6.45) is 11.4. The van der Waals surface area contributed by atoms with Crippen LogP contribution in [-0.2, 0) is 4.79 Å². The van der Waals surface area contributed by atoms with Crippen molar-refractivity contribution in [3.8, 4) is 0 Å². The van der Waals surface area contributed by atoms with Gasteiger partial charge in [-0.2, -0.15) is 0 Å². The second-order valence-electron chi connectivity index (χ2n) is 5.09. The zero-order valence-electron chi connectivity index (χ0n) is 9.86. The van der Waals surface area contributed by atoms with E-state index in [0.29, 0.717) is 11.1 Å². The van der Waals surface area contributed by atoms with Gasteiger partial charge >= 0.3 is 0 Å². The third kappa shape index (κ3) is 4.26. The Balaban J connectivity index is 2.53. The van der Waals surface area contributed by atoms with Crippen LogP contribution >= 0.6 is 15.9 Å². The number of carbonyl (C=O) groups excluding carboxylic acids is 1. The molecule has 0 amide bonds. The molecular formula is C13H23BrO. The molecular weight excluding hydrogens is 252 g/mol. The Morgan fingerprint density at radius 1 is 1.00 bits per heavy atom. The van der Waals surface area contributed by atoms with Crippen LogP contribution in [0.5, 0.6) is 0 Å². The minimum atomic E-state index is -0.0408. The van der Waals surface area contributed by atoms with Crippen LogP contribution in [-0.4, -0.2) is 11.1 Å². The predicted octanol–water partition coefficient (Wildman–Crippen LogP) is 4.48. The Labute approximate surface area is 102 Å². The maximum absolute atomic E-state index is 11.9. The fourth-order valence-corrected chi connectivity index (χ4v) is 3.16. The molecule has 0 saturated heterocycles. The van der Waals surface area contributed by atoms with Crippen LogP contribution in [0.2, 0.25) is 0 Å². The molecule has 0 aromatic carbocycles. The lowest BCUT2D eigenvalue weighted by molar-refractivity contribution is -0.126. The lowest BCUT2D eigenvalue weighted by atomic mass is 9.76. The molecule has 0 heterocycles. The van der Waals surface area contributed by atoms with Gasteiger partial charge in [0.05, 0.1) is 5.33 Å². The maximum Gasteiger partial charge on any atom is 0.149 e. The first-order chi connectivity index (χ1) is 7.19. The zero-order chi connectivity index (χ0) is 11.1. The Kier molecular flexibility index (Phi) is 5.88. The van der Waals surface area contributed by atoms with Crippen molar-refractivity contribution in [3.05, 3.63) is 0 Å². The smallest absolute Gasteiger partial charge is 0.149 e. The summed E-state index contributed by atoms with van der Waals surface area (Å²) in [5, 5.41) is 0.531. The average molecular weight is 275 g/mol. The van der Waals surface area contributed by atoms with Crippen LogP contribution in [0.15, 0.2) is 0 Å². The van der Waals surface area contributed by atoms with Gasteiger partial charge in [0, 0.05) is 5.41 Å². The van der Waals surface area contributed by atoms with Crippen molar-refractivity contribution in [2.24, 2.45) is 5.41 Å². The van der Waals surface area contributed by atoms with Crippen molar-refractivity contribution in [1.29, 1.82) is 0 Å². The highest BCUT2D eigenvalue weighted by molar-refractivity contribution is 9.09. The number of Topliss-reactive ketones (excluding diaryl/α,β-unsaturated/α-hetero) is 1. The first kappa shape index (κ1) is 13.2. The van der Waals surface area contributed by atoms with Crippen LogP contribution in [0.4, 0.5) is 0 Å². The third-order valence-electron chi connectivity index (χ3n) is 3.75. The van der Waals surface area contributed by atoms with Crippen molar-refractivity contribution < 1.29 is 4.79 Å². The molecule has 0 radical (unpaired) electrons. The summed E-state index contributed by atoms with van der Waals surface area (Å²) in [6, 6.07) is 0. The fraction of sp³-hybridized carbons (Fsp3) is 0.923. The number of rotatable bonds is 2. The highest BCUT2D eigenvalue weighted by Gasteiger charge is 2.30. The van der Waals surface area contributed by atoms with Crippen molar-refractivity contribution >= 4 is 21.7 Å². The van der Waals surface area contributed by atoms with Gasteiger partial charge in [0.15, 0.2) is 0 Å². The van der Waals surface area contributed by atoms with Gasteiger partial charge in [0.1, 0.15) is 5.78 Å². The molecule has 1 saturated carbocycles. The molecule has 0 spiro atoms. The van der Waals surface area contributed by atoms with Crippen molar-refractivity contribution in [3.63, 3.8) is 0 Å². The van der Waals surface area contributed by atoms with E-state index in [1.807, 2.05) is 0 Å². The minimum Gasteiger partial charge on any atom is -0.298 e. The molecule has 88 valence electrons. The summed E-state index contributed by atoms with van der Waals surface area (Å²) in [6.45, 7) is 2.16. The van der Waals surface area contributed by atoms with Gasteiger partial charge in [-0.3, -0.25) is 4.79 Å². The van der Waals surface area contributed by atoms with Crippen LogP contribution in [0.25, 0.3) is 0 Å². The molecule has 0 atom stereocenters. The first-order valence-corrected chi connectivity index (χ1v) is 7.40. The van der Waals surface area contributed by atoms with E-state index in [1.165, 1.54) is 44.9 Å². The zero-order valence-corrected chi connectivity index (χ0v) is 11.4. The number of hydrogen-bond donors (Lipinski definition) is 0. The Bertz CT molecular complexity index is 191. The number of hydrogen-bond acceptors (Lipinski definition) is 1. The van der Waals surface area contributed by atoms with Gasteiger partial charge in [-0.1, -0.05) is 67.8 Å². The van der Waals surface area contributed by atoms with E-state index in [0.717, 1.165) is 12.8 Å². The van der Waals surface area contributed by atoms with Crippen LogP contribution < -0.4 is 0 Å². The van der Waals surface area contributed by atoms with Gasteiger partial charge in [-0.05, 0) is 12.8 Å². The molecule has 1 aliphatic carbocycles. The van der Waals surface area contributed by atoms with Gasteiger partial charge in [0.25, 0.3) is 0 Å². The summed E-state index contributed by atoms with van der Waals surface area (Å²) in [5.74, 6) is 0.406. The summed E-state index contributed by atoms with van der Waals surface area (Å²) < 4.78 is 0. The lowest BCUT2D eigenvalue weighted by Gasteiger charge is -2.28. The van der Waals surface area contributed by atoms with E-state index < -0.39 is 0 Å². The topological polar surface area (TPSA) is 17.1 Å². The summed E-state index contributed by atoms with van der Waals surface area (Å²) >= 11 is 3.32. The quantitative estimate of drug-likeness (QED) is 0.679. The SMILES string of the molecule is CC1(C(=O)CBr)CCCCCCCCC1. The van der Waals surface area contributed by atoms with Crippen molar-refractivity contribution in [1.82, 2.24) is 0 Å². The van der Waals surface area contributed by atoms with E-state index >= 15 is 0 Å². The van der Waals surface area contributed by atoms with Crippen LogP contribution in [0.1, 0.15) is 64.7 Å². The molecule has 15 heavy (non-hydrogen) atoms. The number of carbonyl (C=O) groups is 1. The summed E-state index contributed by atoms with van der Waals surface area (Å²) in [4.78, 5) is 11.9. The van der Waals surface area contributed by atoms with Gasteiger partial charge in [-0.25, -0.2) is 0 Å². The second-order valence-corrected chi connectivity index (χ2v) is 5.65. The summed E-state index contributed by atoms with van der Waals surface area (Å²) in [5.41, 5.74) is -0.0408. The lowest BCUT2D eigenvalue weighted by Crippen LogP contribution is -2.29. The van der Waals surface area contributed by atoms with Crippen molar-refractivity contribution in [2.75, 3.05) is 5.33 Å². The molecule has 2 heteroatoms. The van der Waals surface area contributed by atoms with E-state index in [1.54, 1.807) is 0 Å². The monoisotopic (exact) mass is 274 g/mol. The van der Waals surface area contributed by atoms with Gasteiger partial charge in [-0.15, -0.1) is 0 Å². The fourth-order valence-electron chi connectivity index (χ4n) is 2.48. The van der Waals surface area contributed by atoms with E-state index in [9.17, 15) is 4.79 Å². The molecule has 0 aromatic rings. The molecule has 1 rings (SSSR count). The summed E-state index contributed by atoms with van der Waals surface area (Å²) in [7, 11) is 0. The standard InChI is InChI=1S/C13H23BrO/c1-13(12(15)11-14)9-7-5-3-2-4-6-8-10-13/h2-11H2,1H3. The predicted molar refractivity (Wildman–Crippen MR) is 68.5 cm³/mol. The highest BCUT2D eigenvalue weighted by atomic mass is 79.9. The molecule has 0 bridgehead atoms. The van der Waals surface area contributed by atoms with Crippen LogP contribution in [0, 0.1) is 5.41 Å². The molecule has 0 aromatic heterocycles. The molecule has 1 aliphatic rings. The number of ketones is 1. The Morgan fingerprint density at radius 2 is 1.40 bits per heavy atom. The van der Waals surface area contributed by atoms with E-state index in [-0.39, 0.29) is 5.41 Å². The number of halogens is 1. The first-order valence-electron chi connectivity index (χ1n) is 6.28. The highest BCUT2D eigenvalue weighted by Crippen LogP contribution is 2.34. The normalized spacial score (nSPS) is 23.3. The molecule has 1 fully saturated rings. The third-order valence-corrected chi connectivity index (χ3v) is 4.26. The maximum atomic E-state index is 11.9. The molecule has 0 unspecified atom stereocenters. The number of alkyl halides is 1. The van der Waals surface area contributed by atoms with E-state index in [4.69, 9.17) is 0 Å². The molecule has 0 aliphatic heterocycles. The minimum absolute atomic E-state index is 0.0408.